The Kier molecular flexibility index (Phi) is 34.2. The number of ether oxygens (including phenoxy) is 4. The minimum Gasteiger partial charge on any atom is -0.462 e. The van der Waals surface area contributed by atoms with Gasteiger partial charge in [-0.15, -0.1) is 0 Å². The molecule has 10 heteroatoms. The van der Waals surface area contributed by atoms with Crippen LogP contribution >= 0.6 is 0 Å². The Balaban J connectivity index is 2.40. The van der Waals surface area contributed by atoms with Crippen LogP contribution in [0.1, 0.15) is 155 Å². The molecule has 0 aromatic rings. The smallest absolute Gasteiger partial charge is 0.306 e. The summed E-state index contributed by atoms with van der Waals surface area (Å²) in [5.74, 6) is -0.893. The second-order valence-electron chi connectivity index (χ2n) is 14.9. The molecule has 4 N–H and O–H groups in total. The molecule has 0 aromatic carbocycles. The maximum absolute atomic E-state index is 12.7. The number of carbonyl (C=O) groups is 2. The third-order valence-corrected chi connectivity index (χ3v) is 9.67. The van der Waals surface area contributed by atoms with Crippen LogP contribution in [0.25, 0.3) is 0 Å². The molecular weight excluding hydrogens is 725 g/mol. The first-order chi connectivity index (χ1) is 27.8. The van der Waals surface area contributed by atoms with Gasteiger partial charge < -0.3 is 39.4 Å². The highest BCUT2D eigenvalue weighted by molar-refractivity contribution is 5.70. The second-order valence-corrected chi connectivity index (χ2v) is 14.9. The number of unbranched alkanes of at least 4 members (excludes halogenated alkanes) is 15. The molecule has 326 valence electrons. The van der Waals surface area contributed by atoms with E-state index in [0.29, 0.717) is 19.3 Å². The van der Waals surface area contributed by atoms with Gasteiger partial charge in [0.1, 0.15) is 31.0 Å². The Labute approximate surface area is 344 Å². The van der Waals surface area contributed by atoms with Gasteiger partial charge in [0.15, 0.2) is 12.4 Å². The Morgan fingerprint density at radius 3 is 1.75 bits per heavy atom. The lowest BCUT2D eigenvalue weighted by Gasteiger charge is -2.39. The summed E-state index contributed by atoms with van der Waals surface area (Å²) in [5.41, 5.74) is 0. The van der Waals surface area contributed by atoms with Crippen LogP contribution in [0.3, 0.4) is 0 Å². The monoisotopic (exact) mass is 803 g/mol. The van der Waals surface area contributed by atoms with E-state index in [1.54, 1.807) is 0 Å². The number of rotatable bonds is 35. The first-order valence-electron chi connectivity index (χ1n) is 22.1. The van der Waals surface area contributed by atoms with Gasteiger partial charge in [0.2, 0.25) is 0 Å². The van der Waals surface area contributed by atoms with E-state index in [0.717, 1.165) is 51.4 Å². The predicted octanol–water partition coefficient (Wildman–Crippen LogP) is 9.22. The van der Waals surface area contributed by atoms with Gasteiger partial charge in [0, 0.05) is 12.8 Å². The highest BCUT2D eigenvalue weighted by atomic mass is 16.7. The highest BCUT2D eigenvalue weighted by Gasteiger charge is 2.44. The number of hydrogen-bond donors (Lipinski definition) is 4. The lowest BCUT2D eigenvalue weighted by molar-refractivity contribution is -0.305. The fraction of sp³-hybridized carbons (Fsp3) is 0.702. The zero-order valence-electron chi connectivity index (χ0n) is 35.3. The second kappa shape index (κ2) is 37.4. The highest BCUT2D eigenvalue weighted by Crippen LogP contribution is 2.22. The fourth-order valence-corrected chi connectivity index (χ4v) is 6.18. The summed E-state index contributed by atoms with van der Waals surface area (Å²) < 4.78 is 22.1. The maximum Gasteiger partial charge on any atom is 0.306 e. The molecule has 0 radical (unpaired) electrons. The third-order valence-electron chi connectivity index (χ3n) is 9.67. The molecule has 1 rings (SSSR count). The first kappa shape index (κ1) is 52.2. The van der Waals surface area contributed by atoms with Crippen molar-refractivity contribution in [3.63, 3.8) is 0 Å². The molecule has 0 amide bonds. The molecule has 1 aliphatic heterocycles. The van der Waals surface area contributed by atoms with Crippen molar-refractivity contribution in [2.24, 2.45) is 0 Å². The van der Waals surface area contributed by atoms with Gasteiger partial charge in [-0.1, -0.05) is 157 Å². The number of esters is 2. The Bertz CT molecular complexity index is 1160. The molecule has 6 atom stereocenters. The summed E-state index contributed by atoms with van der Waals surface area (Å²) in [4.78, 5) is 25.3. The van der Waals surface area contributed by atoms with Crippen LogP contribution in [-0.4, -0.2) is 89.0 Å². The van der Waals surface area contributed by atoms with E-state index in [-0.39, 0.29) is 26.1 Å². The van der Waals surface area contributed by atoms with E-state index in [1.807, 2.05) is 30.4 Å². The molecule has 57 heavy (non-hydrogen) atoms. The quantitative estimate of drug-likeness (QED) is 0.0211. The average Bonchev–Trinajstić information content (AvgIpc) is 3.21. The van der Waals surface area contributed by atoms with Crippen LogP contribution in [0.15, 0.2) is 72.9 Å². The van der Waals surface area contributed by atoms with E-state index in [1.165, 1.54) is 57.8 Å². The summed E-state index contributed by atoms with van der Waals surface area (Å²) in [6, 6.07) is 0. The summed E-state index contributed by atoms with van der Waals surface area (Å²) in [7, 11) is 0. The number of aliphatic hydroxyl groups excluding tert-OH is 4. The molecule has 10 nitrogen and oxygen atoms in total. The molecule has 0 spiro atoms. The van der Waals surface area contributed by atoms with Crippen molar-refractivity contribution in [3.05, 3.63) is 72.9 Å². The molecule has 0 bridgehead atoms. The van der Waals surface area contributed by atoms with E-state index >= 15 is 0 Å². The van der Waals surface area contributed by atoms with E-state index < -0.39 is 55.4 Å². The number of carbonyl (C=O) groups excluding carboxylic acids is 2. The Morgan fingerprint density at radius 2 is 1.12 bits per heavy atom. The molecule has 1 saturated heterocycles. The van der Waals surface area contributed by atoms with Gasteiger partial charge in [-0.25, -0.2) is 0 Å². The Hall–Kier alpha value is -2.86. The summed E-state index contributed by atoms with van der Waals surface area (Å²) in [6.45, 7) is 3.20. The van der Waals surface area contributed by atoms with E-state index in [4.69, 9.17) is 18.9 Å². The molecule has 1 fully saturated rings. The summed E-state index contributed by atoms with van der Waals surface area (Å²) >= 11 is 0. The maximum atomic E-state index is 12.7. The molecule has 2 unspecified atom stereocenters. The zero-order valence-corrected chi connectivity index (χ0v) is 35.3. The SMILES string of the molecule is CC/C=C/C=C/C=C/C=C/CCCCCCCC(=O)OC[C@H](CO[C@@H]1O[C@H](CO)[C@H](O)C(O)C1O)OC(=O)CCC/C=C/C/C=C/CCCCCCCCCCC. The van der Waals surface area contributed by atoms with Crippen molar-refractivity contribution in [2.75, 3.05) is 19.8 Å². The van der Waals surface area contributed by atoms with Crippen LogP contribution in [0.4, 0.5) is 0 Å². The standard InChI is InChI=1S/C47H78O10/c1-3-5-7-9-11-13-15-17-19-20-22-24-26-28-30-32-34-36-43(50)56-40(39-55-47-46(53)45(52)44(51)41(37-48)57-47)38-54-42(49)35-33-31-29-27-25-23-21-18-16-14-12-10-8-6-4-2/h6,8,10,12,14,16,18,21-22,24,28,30,40-41,44-48,51-53H,3-5,7,9,11,13,15,17,19-20,23,25-27,29,31-39H2,1-2H3/b8-6+,12-10+,16-14+,21-18+,24-22+,30-28+/t40-,41-,44+,45?,46?,47-/m1/s1. The van der Waals surface area contributed by atoms with Gasteiger partial charge in [-0.05, 0) is 57.8 Å². The third kappa shape index (κ3) is 29.1. The number of aliphatic hydroxyl groups is 4. The van der Waals surface area contributed by atoms with Gasteiger partial charge in [-0.3, -0.25) is 9.59 Å². The van der Waals surface area contributed by atoms with Crippen LogP contribution in [0.2, 0.25) is 0 Å². The van der Waals surface area contributed by atoms with Crippen molar-refractivity contribution in [1.29, 1.82) is 0 Å². The van der Waals surface area contributed by atoms with Gasteiger partial charge in [0.05, 0.1) is 13.2 Å². The van der Waals surface area contributed by atoms with Crippen molar-refractivity contribution in [3.8, 4) is 0 Å². The van der Waals surface area contributed by atoms with Crippen LogP contribution in [-0.2, 0) is 28.5 Å². The molecule has 1 heterocycles. The normalized spacial score (nSPS) is 21.0. The van der Waals surface area contributed by atoms with Crippen LogP contribution in [0.5, 0.6) is 0 Å². The molecular formula is C47H78O10. The van der Waals surface area contributed by atoms with Gasteiger partial charge in [0.25, 0.3) is 0 Å². The lowest BCUT2D eigenvalue weighted by Crippen LogP contribution is -2.59. The minimum absolute atomic E-state index is 0.157. The molecule has 0 aliphatic carbocycles. The van der Waals surface area contributed by atoms with Crippen molar-refractivity contribution in [2.45, 2.75) is 192 Å². The first-order valence-corrected chi connectivity index (χ1v) is 22.1. The van der Waals surface area contributed by atoms with Gasteiger partial charge in [-0.2, -0.15) is 0 Å². The Morgan fingerprint density at radius 1 is 0.579 bits per heavy atom. The lowest BCUT2D eigenvalue weighted by atomic mass is 9.99. The molecule has 0 saturated carbocycles. The van der Waals surface area contributed by atoms with Crippen molar-refractivity contribution < 1.29 is 49.0 Å². The average molecular weight is 803 g/mol. The van der Waals surface area contributed by atoms with Crippen molar-refractivity contribution >= 4 is 11.9 Å². The molecule has 0 aromatic heterocycles. The predicted molar refractivity (Wildman–Crippen MR) is 228 cm³/mol. The fourth-order valence-electron chi connectivity index (χ4n) is 6.18. The van der Waals surface area contributed by atoms with Crippen LogP contribution in [0, 0.1) is 0 Å². The number of allylic oxidation sites excluding steroid dienone is 12. The van der Waals surface area contributed by atoms with Gasteiger partial charge >= 0.3 is 11.9 Å². The molecule has 1 aliphatic rings. The summed E-state index contributed by atoms with van der Waals surface area (Å²) in [5, 5.41) is 40.0. The number of hydrogen-bond acceptors (Lipinski definition) is 10. The largest absolute Gasteiger partial charge is 0.462 e. The van der Waals surface area contributed by atoms with E-state index in [2.05, 4.69) is 56.4 Å². The van der Waals surface area contributed by atoms with E-state index in [9.17, 15) is 30.0 Å². The minimum atomic E-state index is -1.61. The zero-order chi connectivity index (χ0) is 41.6. The topological polar surface area (TPSA) is 152 Å². The van der Waals surface area contributed by atoms with Crippen molar-refractivity contribution in [1.82, 2.24) is 0 Å². The van der Waals surface area contributed by atoms with Crippen LogP contribution < -0.4 is 0 Å². The summed E-state index contributed by atoms with van der Waals surface area (Å²) in [6.07, 6.45) is 39.1.